The number of benzene rings is 1. The van der Waals surface area contributed by atoms with Crippen LogP contribution in [0.2, 0.25) is 5.02 Å². The molecule has 0 radical (unpaired) electrons. The first kappa shape index (κ1) is 16.1. The topological polar surface area (TPSA) is 84.6 Å². The van der Waals surface area contributed by atoms with Crippen molar-refractivity contribution in [3.8, 4) is 0 Å². The Morgan fingerprint density at radius 3 is 2.62 bits per heavy atom. The molecule has 0 spiro atoms. The summed E-state index contributed by atoms with van der Waals surface area (Å²) in [6, 6.07) is 5.11. The van der Waals surface area contributed by atoms with Crippen molar-refractivity contribution in [2.75, 3.05) is 5.32 Å². The van der Waals surface area contributed by atoms with Crippen LogP contribution in [0.25, 0.3) is 0 Å². The lowest BCUT2D eigenvalue weighted by Crippen LogP contribution is -2.51. The van der Waals surface area contributed by atoms with E-state index in [-0.39, 0.29) is 0 Å². The summed E-state index contributed by atoms with van der Waals surface area (Å²) in [6.45, 7) is 5.39. The van der Waals surface area contributed by atoms with Crippen LogP contribution >= 0.6 is 11.6 Å². The van der Waals surface area contributed by atoms with Gasteiger partial charge in [0.25, 0.3) is 0 Å². The monoisotopic (exact) mass is 312 g/mol. The fourth-order valence-corrected chi connectivity index (χ4v) is 2.71. The zero-order valence-electron chi connectivity index (χ0n) is 12.4. The molecule has 5 nitrogen and oxygen atoms in total. The Morgan fingerprint density at radius 1 is 1.48 bits per heavy atom. The van der Waals surface area contributed by atoms with E-state index in [4.69, 9.17) is 22.1 Å². The van der Waals surface area contributed by atoms with Crippen molar-refractivity contribution in [1.82, 2.24) is 0 Å². The highest BCUT2D eigenvalue weighted by Gasteiger charge is 2.42. The molecule has 0 saturated heterocycles. The van der Waals surface area contributed by atoms with Gasteiger partial charge < -0.3 is 15.6 Å². The third-order valence-corrected chi connectivity index (χ3v) is 3.68. The van der Waals surface area contributed by atoms with E-state index in [0.717, 1.165) is 5.56 Å². The molecule has 0 aliphatic heterocycles. The molecular weight excluding hydrogens is 292 g/mol. The maximum absolute atomic E-state index is 11.8. The van der Waals surface area contributed by atoms with E-state index in [1.165, 1.54) is 0 Å². The van der Waals surface area contributed by atoms with Gasteiger partial charge >= 0.3 is 6.09 Å². The Hall–Kier alpha value is -1.30. The molecule has 1 aromatic rings. The predicted molar refractivity (Wildman–Crippen MR) is 82.4 cm³/mol. The van der Waals surface area contributed by atoms with E-state index in [1.807, 2.05) is 0 Å². The van der Waals surface area contributed by atoms with E-state index in [9.17, 15) is 9.90 Å². The number of amides is 1. The molecule has 1 saturated carbocycles. The molecule has 1 amide bonds. The minimum atomic E-state index is -0.637. The van der Waals surface area contributed by atoms with Crippen LogP contribution < -0.4 is 11.1 Å². The van der Waals surface area contributed by atoms with Gasteiger partial charge in [0.05, 0.1) is 6.10 Å². The maximum atomic E-state index is 11.8. The van der Waals surface area contributed by atoms with Crippen LogP contribution in [0.15, 0.2) is 18.2 Å². The van der Waals surface area contributed by atoms with E-state index in [1.54, 1.807) is 39.0 Å². The molecule has 1 fully saturated rings. The summed E-state index contributed by atoms with van der Waals surface area (Å²) in [5.74, 6) is 0. The molecule has 1 aliphatic carbocycles. The summed E-state index contributed by atoms with van der Waals surface area (Å²) in [6.07, 6.45) is -0.00498. The summed E-state index contributed by atoms with van der Waals surface area (Å²) in [5, 5.41) is 12.7. The van der Waals surface area contributed by atoms with Gasteiger partial charge in [-0.15, -0.1) is 0 Å². The Kier molecular flexibility index (Phi) is 4.19. The van der Waals surface area contributed by atoms with Crippen molar-refractivity contribution < 1.29 is 14.6 Å². The average molecular weight is 313 g/mol. The first-order valence-electron chi connectivity index (χ1n) is 6.86. The zero-order valence-corrected chi connectivity index (χ0v) is 13.2. The van der Waals surface area contributed by atoms with Crippen molar-refractivity contribution >= 4 is 23.4 Å². The number of aliphatic hydroxyl groups excluding tert-OH is 1. The predicted octanol–water partition coefficient (Wildman–Crippen LogP) is 3.00. The van der Waals surface area contributed by atoms with Gasteiger partial charge in [0.2, 0.25) is 0 Å². The van der Waals surface area contributed by atoms with E-state index < -0.39 is 23.3 Å². The molecular formula is C15H21ClN2O3. The molecule has 0 heterocycles. The van der Waals surface area contributed by atoms with Gasteiger partial charge in [-0.2, -0.15) is 0 Å². The minimum Gasteiger partial charge on any atom is -0.444 e. The quantitative estimate of drug-likeness (QED) is 0.783. The van der Waals surface area contributed by atoms with Crippen LogP contribution in [0.1, 0.15) is 39.2 Å². The molecule has 1 aromatic carbocycles. The van der Waals surface area contributed by atoms with Crippen LogP contribution in [-0.2, 0) is 10.3 Å². The van der Waals surface area contributed by atoms with Gasteiger partial charge in [-0.05, 0) is 57.4 Å². The van der Waals surface area contributed by atoms with Crippen molar-refractivity contribution in [3.63, 3.8) is 0 Å². The standard InChI is InChI=1S/C15H21ClN2O3/c1-14(2,3)21-13(20)18-9-4-5-12(16)11(6-9)15(17)7-10(19)8-15/h4-6,10,19H,7-8,17H2,1-3H3,(H,18,20). The van der Waals surface area contributed by atoms with Gasteiger partial charge in [0.1, 0.15) is 5.60 Å². The van der Waals surface area contributed by atoms with Gasteiger partial charge in [0, 0.05) is 16.2 Å². The van der Waals surface area contributed by atoms with Crippen molar-refractivity contribution in [3.05, 3.63) is 28.8 Å². The second kappa shape index (κ2) is 5.48. The number of carbonyl (C=O) groups is 1. The SMILES string of the molecule is CC(C)(C)OC(=O)Nc1ccc(Cl)c(C2(N)CC(O)C2)c1. The Balaban J connectivity index is 2.14. The van der Waals surface area contributed by atoms with Crippen molar-refractivity contribution in [2.24, 2.45) is 5.73 Å². The molecule has 0 bridgehead atoms. The lowest BCUT2D eigenvalue weighted by Gasteiger charge is -2.43. The number of hydrogen-bond donors (Lipinski definition) is 3. The first-order chi connectivity index (χ1) is 9.59. The van der Waals surface area contributed by atoms with Crippen LogP contribution in [0.4, 0.5) is 10.5 Å². The highest BCUT2D eigenvalue weighted by molar-refractivity contribution is 6.31. The fourth-order valence-electron chi connectivity index (χ4n) is 2.41. The molecule has 116 valence electrons. The number of ether oxygens (including phenoxy) is 1. The molecule has 4 N–H and O–H groups in total. The molecule has 0 atom stereocenters. The molecule has 21 heavy (non-hydrogen) atoms. The highest BCUT2D eigenvalue weighted by atomic mass is 35.5. The number of rotatable bonds is 2. The van der Waals surface area contributed by atoms with Crippen molar-refractivity contribution in [1.29, 1.82) is 0 Å². The van der Waals surface area contributed by atoms with E-state index >= 15 is 0 Å². The second-order valence-electron chi connectivity index (χ2n) is 6.54. The number of hydrogen-bond acceptors (Lipinski definition) is 4. The summed E-state index contributed by atoms with van der Waals surface area (Å²) in [7, 11) is 0. The summed E-state index contributed by atoms with van der Waals surface area (Å²) < 4.78 is 5.20. The average Bonchev–Trinajstić information content (AvgIpc) is 2.27. The smallest absolute Gasteiger partial charge is 0.412 e. The number of aliphatic hydroxyl groups is 1. The minimum absolute atomic E-state index is 0.395. The number of nitrogens with two attached hydrogens (primary N) is 1. The largest absolute Gasteiger partial charge is 0.444 e. The number of carbonyl (C=O) groups excluding carboxylic acids is 1. The third kappa shape index (κ3) is 3.87. The molecule has 0 unspecified atom stereocenters. The summed E-state index contributed by atoms with van der Waals surface area (Å²) in [4.78, 5) is 11.8. The fraction of sp³-hybridized carbons (Fsp3) is 0.533. The summed E-state index contributed by atoms with van der Waals surface area (Å²) in [5.41, 5.74) is 6.32. The van der Waals surface area contributed by atoms with Crippen LogP contribution in [0.5, 0.6) is 0 Å². The molecule has 0 aromatic heterocycles. The normalized spacial score (nSPS) is 25.1. The Morgan fingerprint density at radius 2 is 2.10 bits per heavy atom. The number of nitrogens with one attached hydrogen (secondary N) is 1. The Bertz CT molecular complexity index is 548. The first-order valence-corrected chi connectivity index (χ1v) is 7.24. The molecule has 6 heteroatoms. The molecule has 1 aliphatic rings. The Labute approximate surface area is 129 Å². The van der Waals surface area contributed by atoms with Crippen LogP contribution in [0.3, 0.4) is 0 Å². The second-order valence-corrected chi connectivity index (χ2v) is 6.95. The highest BCUT2D eigenvalue weighted by Crippen LogP contribution is 2.42. The number of halogens is 1. The summed E-state index contributed by atoms with van der Waals surface area (Å²) >= 11 is 6.18. The lowest BCUT2D eigenvalue weighted by atomic mass is 9.70. The van der Waals surface area contributed by atoms with E-state index in [2.05, 4.69) is 5.32 Å². The lowest BCUT2D eigenvalue weighted by molar-refractivity contribution is 0.0210. The van der Waals surface area contributed by atoms with Gasteiger partial charge in [-0.25, -0.2) is 4.79 Å². The zero-order chi connectivity index (χ0) is 15.8. The number of anilines is 1. The molecule has 2 rings (SSSR count). The van der Waals surface area contributed by atoms with Crippen LogP contribution in [-0.4, -0.2) is 22.9 Å². The van der Waals surface area contributed by atoms with Gasteiger partial charge in [0.15, 0.2) is 0 Å². The van der Waals surface area contributed by atoms with Crippen molar-refractivity contribution in [2.45, 2.75) is 50.9 Å². The van der Waals surface area contributed by atoms with Gasteiger partial charge in [-0.1, -0.05) is 11.6 Å². The maximum Gasteiger partial charge on any atom is 0.412 e. The third-order valence-electron chi connectivity index (χ3n) is 3.35. The van der Waals surface area contributed by atoms with Gasteiger partial charge in [-0.3, -0.25) is 5.32 Å². The van der Waals surface area contributed by atoms with Crippen LogP contribution in [0, 0.1) is 0 Å². The van der Waals surface area contributed by atoms with E-state index in [0.29, 0.717) is 23.6 Å².